The Morgan fingerprint density at radius 3 is 2.33 bits per heavy atom. The second-order valence-corrected chi connectivity index (χ2v) is 12.7. The molecule has 7 heteroatoms. The Morgan fingerprint density at radius 2 is 1.68 bits per heavy atom. The average Bonchev–Trinajstić information content (AvgIpc) is 2.93. The molecule has 1 aromatic carbocycles. The largest absolute Gasteiger partial charge is 0.343 e. The standard InChI is InChI=1S/C33H52N4O3/c1-21(2)29(20-24(7)31(38)34-27-17-13-15-25-14-9-10-16-26(25)27)36(8)33(40)30(22(3)4)35-32(39)28-18-11-12-19-37(28)23(5)6/h13,15,17,20-23,28-30H,9-12,14,16,18-19H2,1-8H3,(H,34,38)(H,35,39)/b24-20+/t28-,29-,30+/m1/s1. The van der Waals surface area contributed by atoms with Gasteiger partial charge in [-0.2, -0.15) is 0 Å². The van der Waals surface area contributed by atoms with E-state index in [1.807, 2.05) is 39.0 Å². The number of rotatable bonds is 10. The summed E-state index contributed by atoms with van der Waals surface area (Å²) in [5.41, 5.74) is 4.03. The highest BCUT2D eigenvalue weighted by Crippen LogP contribution is 2.28. The molecule has 7 nitrogen and oxygen atoms in total. The summed E-state index contributed by atoms with van der Waals surface area (Å²) in [4.78, 5) is 44.5. The molecule has 3 atom stereocenters. The van der Waals surface area contributed by atoms with E-state index in [4.69, 9.17) is 0 Å². The summed E-state index contributed by atoms with van der Waals surface area (Å²) in [5.74, 6) is -0.326. The topological polar surface area (TPSA) is 81.8 Å². The number of likely N-dealkylation sites (tertiary alicyclic amines) is 1. The normalized spacial score (nSPS) is 19.8. The van der Waals surface area contributed by atoms with Crippen molar-refractivity contribution in [2.45, 2.75) is 118 Å². The molecule has 0 spiro atoms. The number of fused-ring (bicyclic) bond motifs is 1. The number of nitrogens with one attached hydrogen (secondary N) is 2. The van der Waals surface area contributed by atoms with Gasteiger partial charge in [-0.1, -0.05) is 52.3 Å². The van der Waals surface area contributed by atoms with E-state index in [-0.39, 0.29) is 47.7 Å². The first-order chi connectivity index (χ1) is 18.9. The lowest BCUT2D eigenvalue weighted by atomic mass is 9.90. The van der Waals surface area contributed by atoms with Gasteiger partial charge in [-0.15, -0.1) is 0 Å². The number of carbonyl (C=O) groups is 3. The van der Waals surface area contributed by atoms with Crippen LogP contribution < -0.4 is 10.6 Å². The van der Waals surface area contributed by atoms with Gasteiger partial charge < -0.3 is 15.5 Å². The van der Waals surface area contributed by atoms with Crippen LogP contribution in [-0.4, -0.2) is 65.3 Å². The van der Waals surface area contributed by atoms with E-state index in [2.05, 4.69) is 49.3 Å². The van der Waals surface area contributed by atoms with Crippen LogP contribution in [-0.2, 0) is 27.2 Å². The van der Waals surface area contributed by atoms with Crippen LogP contribution in [0.4, 0.5) is 5.69 Å². The van der Waals surface area contributed by atoms with Crippen molar-refractivity contribution in [2.24, 2.45) is 11.8 Å². The van der Waals surface area contributed by atoms with Crippen LogP contribution in [0.5, 0.6) is 0 Å². The second-order valence-electron chi connectivity index (χ2n) is 12.7. The van der Waals surface area contributed by atoms with Gasteiger partial charge in [-0.25, -0.2) is 0 Å². The lowest BCUT2D eigenvalue weighted by molar-refractivity contribution is -0.140. The van der Waals surface area contributed by atoms with Gasteiger partial charge in [0.2, 0.25) is 11.8 Å². The van der Waals surface area contributed by atoms with Crippen LogP contribution in [0, 0.1) is 11.8 Å². The highest BCUT2D eigenvalue weighted by molar-refractivity contribution is 6.04. The Morgan fingerprint density at radius 1 is 0.975 bits per heavy atom. The minimum Gasteiger partial charge on any atom is -0.343 e. The zero-order valence-electron chi connectivity index (χ0n) is 26.0. The fourth-order valence-electron chi connectivity index (χ4n) is 6.19. The maximum absolute atomic E-state index is 13.8. The van der Waals surface area contributed by atoms with Gasteiger partial charge in [0.15, 0.2) is 0 Å². The van der Waals surface area contributed by atoms with Crippen molar-refractivity contribution in [3.63, 3.8) is 0 Å². The number of aryl methyl sites for hydroxylation is 1. The fourth-order valence-corrected chi connectivity index (χ4v) is 6.19. The molecule has 0 unspecified atom stereocenters. The second kappa shape index (κ2) is 14.3. The van der Waals surface area contributed by atoms with Crippen molar-refractivity contribution in [2.75, 3.05) is 18.9 Å². The summed E-state index contributed by atoms with van der Waals surface area (Å²) < 4.78 is 0. The summed E-state index contributed by atoms with van der Waals surface area (Å²) >= 11 is 0. The molecule has 40 heavy (non-hydrogen) atoms. The number of hydrogen-bond acceptors (Lipinski definition) is 4. The first-order valence-electron chi connectivity index (χ1n) is 15.4. The highest BCUT2D eigenvalue weighted by Gasteiger charge is 2.36. The smallest absolute Gasteiger partial charge is 0.251 e. The Kier molecular flexibility index (Phi) is 11.4. The van der Waals surface area contributed by atoms with Gasteiger partial charge in [-0.05, 0) is 94.9 Å². The van der Waals surface area contributed by atoms with E-state index >= 15 is 0 Å². The minimum absolute atomic E-state index is 0.0627. The maximum atomic E-state index is 13.8. The van der Waals surface area contributed by atoms with Crippen molar-refractivity contribution in [1.29, 1.82) is 0 Å². The zero-order chi connectivity index (χ0) is 29.6. The van der Waals surface area contributed by atoms with Gasteiger partial charge >= 0.3 is 0 Å². The van der Waals surface area contributed by atoms with Crippen LogP contribution in [0.2, 0.25) is 0 Å². The quantitative estimate of drug-likeness (QED) is 0.384. The molecule has 1 aromatic rings. The molecule has 222 valence electrons. The minimum atomic E-state index is -0.631. The number of amides is 3. The summed E-state index contributed by atoms with van der Waals surface area (Å²) in [6.07, 6.45) is 9.20. The fraction of sp³-hybridized carbons (Fsp3) is 0.667. The number of hydrogen-bond donors (Lipinski definition) is 2. The number of piperidine rings is 1. The lowest BCUT2D eigenvalue weighted by Crippen LogP contribution is -2.58. The molecule has 3 rings (SSSR count). The molecular formula is C33H52N4O3. The van der Waals surface area contributed by atoms with E-state index in [1.165, 1.54) is 17.5 Å². The Hall–Kier alpha value is -2.67. The molecule has 3 amide bonds. The third-order valence-corrected chi connectivity index (χ3v) is 8.64. The van der Waals surface area contributed by atoms with E-state index in [1.54, 1.807) is 11.9 Å². The molecule has 1 heterocycles. The molecular weight excluding hydrogens is 500 g/mol. The summed E-state index contributed by atoms with van der Waals surface area (Å²) in [7, 11) is 1.78. The number of anilines is 1. The van der Waals surface area contributed by atoms with Crippen LogP contribution in [0.3, 0.4) is 0 Å². The third kappa shape index (κ3) is 7.74. The predicted octanol–water partition coefficient (Wildman–Crippen LogP) is 5.34. The van der Waals surface area contributed by atoms with E-state index in [0.29, 0.717) is 5.57 Å². The summed E-state index contributed by atoms with van der Waals surface area (Å²) in [6.45, 7) is 15.0. The number of likely N-dealkylation sites (N-methyl/N-ethyl adjacent to an activating group) is 1. The van der Waals surface area contributed by atoms with E-state index in [9.17, 15) is 14.4 Å². The molecule has 1 aliphatic carbocycles. The van der Waals surface area contributed by atoms with E-state index < -0.39 is 6.04 Å². The van der Waals surface area contributed by atoms with Crippen LogP contribution in [0.1, 0.15) is 91.7 Å². The van der Waals surface area contributed by atoms with Crippen LogP contribution >= 0.6 is 0 Å². The van der Waals surface area contributed by atoms with Gasteiger partial charge in [-0.3, -0.25) is 19.3 Å². The number of carbonyl (C=O) groups excluding carboxylic acids is 3. The molecule has 0 saturated carbocycles. The SMILES string of the molecule is C/C(=C\[C@H](C(C)C)N(C)C(=O)[C@@H](NC(=O)[C@H]1CCCCN1C(C)C)C(C)C)C(=O)Nc1cccc2c1CCCC2. The number of nitrogens with zero attached hydrogens (tertiary/aromatic N) is 2. The molecule has 1 fully saturated rings. The van der Waals surface area contributed by atoms with Crippen molar-refractivity contribution in [3.8, 4) is 0 Å². The van der Waals surface area contributed by atoms with Crippen molar-refractivity contribution in [3.05, 3.63) is 41.0 Å². The van der Waals surface area contributed by atoms with Crippen molar-refractivity contribution < 1.29 is 14.4 Å². The molecule has 1 saturated heterocycles. The number of benzene rings is 1. The zero-order valence-corrected chi connectivity index (χ0v) is 26.0. The van der Waals surface area contributed by atoms with Gasteiger partial charge in [0, 0.05) is 24.4 Å². The molecule has 0 radical (unpaired) electrons. The predicted molar refractivity (Wildman–Crippen MR) is 163 cm³/mol. The molecule has 1 aliphatic heterocycles. The Bertz CT molecular complexity index is 1080. The van der Waals surface area contributed by atoms with Gasteiger partial charge in [0.05, 0.1) is 12.1 Å². The summed E-state index contributed by atoms with van der Waals surface area (Å²) in [5, 5.41) is 6.24. The average molecular weight is 553 g/mol. The van der Waals surface area contributed by atoms with Crippen LogP contribution in [0.25, 0.3) is 0 Å². The van der Waals surface area contributed by atoms with Crippen molar-refractivity contribution in [1.82, 2.24) is 15.1 Å². The maximum Gasteiger partial charge on any atom is 0.251 e. The molecule has 0 aromatic heterocycles. The molecule has 0 bridgehead atoms. The lowest BCUT2D eigenvalue weighted by Gasteiger charge is -2.39. The molecule has 2 N–H and O–H groups in total. The van der Waals surface area contributed by atoms with Gasteiger partial charge in [0.1, 0.15) is 6.04 Å². The first-order valence-corrected chi connectivity index (χ1v) is 15.4. The Labute approximate surface area is 242 Å². The summed E-state index contributed by atoms with van der Waals surface area (Å²) in [6, 6.07) is 5.29. The monoisotopic (exact) mass is 552 g/mol. The van der Waals surface area contributed by atoms with Gasteiger partial charge in [0.25, 0.3) is 5.91 Å². The highest BCUT2D eigenvalue weighted by atomic mass is 16.2. The Balaban J connectivity index is 1.74. The molecule has 2 aliphatic rings. The third-order valence-electron chi connectivity index (χ3n) is 8.64. The van der Waals surface area contributed by atoms with Crippen molar-refractivity contribution >= 4 is 23.4 Å². The van der Waals surface area contributed by atoms with E-state index in [0.717, 1.165) is 50.8 Å². The van der Waals surface area contributed by atoms with Crippen LogP contribution in [0.15, 0.2) is 29.8 Å². The first kappa shape index (κ1) is 31.9.